The fourth-order valence-corrected chi connectivity index (χ4v) is 3.14. The summed E-state index contributed by atoms with van der Waals surface area (Å²) in [7, 11) is 0. The van der Waals surface area contributed by atoms with Gasteiger partial charge in [-0.25, -0.2) is 14.5 Å². The summed E-state index contributed by atoms with van der Waals surface area (Å²) in [6, 6.07) is 9.23. The SMILES string of the molecule is O=[N+]([O-])c1cc(Nc2ncc(I)c(-c3cnn4ccccc34)n2)ccc1F. The summed E-state index contributed by atoms with van der Waals surface area (Å²) < 4.78 is 16.1. The molecule has 10 heteroatoms. The van der Waals surface area contributed by atoms with Gasteiger partial charge in [0.05, 0.1) is 25.9 Å². The van der Waals surface area contributed by atoms with Gasteiger partial charge in [0.2, 0.25) is 11.8 Å². The first-order valence-electron chi connectivity index (χ1n) is 7.69. The van der Waals surface area contributed by atoms with Gasteiger partial charge >= 0.3 is 5.69 Å². The van der Waals surface area contributed by atoms with Crippen LogP contribution in [-0.2, 0) is 0 Å². The van der Waals surface area contributed by atoms with Crippen LogP contribution in [0.2, 0.25) is 0 Å². The Morgan fingerprint density at radius 2 is 2.07 bits per heavy atom. The number of hydrogen-bond donors (Lipinski definition) is 1. The van der Waals surface area contributed by atoms with Crippen molar-refractivity contribution in [2.24, 2.45) is 0 Å². The van der Waals surface area contributed by atoms with E-state index in [2.05, 4.69) is 43.0 Å². The summed E-state index contributed by atoms with van der Waals surface area (Å²) in [6.45, 7) is 0. The summed E-state index contributed by atoms with van der Waals surface area (Å²) >= 11 is 2.13. The molecule has 4 aromatic rings. The van der Waals surface area contributed by atoms with Gasteiger partial charge in [-0.05, 0) is 46.9 Å². The number of anilines is 2. The first kappa shape index (κ1) is 17.3. The third-order valence-electron chi connectivity index (χ3n) is 3.82. The molecule has 0 bridgehead atoms. The third-order valence-corrected chi connectivity index (χ3v) is 4.61. The Balaban J connectivity index is 1.73. The summed E-state index contributed by atoms with van der Waals surface area (Å²) in [4.78, 5) is 18.8. The highest BCUT2D eigenvalue weighted by Gasteiger charge is 2.16. The Morgan fingerprint density at radius 1 is 1.22 bits per heavy atom. The maximum Gasteiger partial charge on any atom is 0.306 e. The number of rotatable bonds is 4. The number of pyridine rings is 1. The minimum Gasteiger partial charge on any atom is -0.324 e. The molecule has 1 aromatic carbocycles. The number of aromatic nitrogens is 4. The number of halogens is 2. The van der Waals surface area contributed by atoms with Crippen LogP contribution in [0.25, 0.3) is 16.8 Å². The normalized spacial score (nSPS) is 10.9. The molecule has 1 N–H and O–H groups in total. The lowest BCUT2D eigenvalue weighted by Gasteiger charge is -2.08. The quantitative estimate of drug-likeness (QED) is 0.270. The molecule has 4 rings (SSSR count). The first-order valence-corrected chi connectivity index (χ1v) is 8.77. The fraction of sp³-hybridized carbons (Fsp3) is 0. The minimum absolute atomic E-state index is 0.238. The lowest BCUT2D eigenvalue weighted by Crippen LogP contribution is -2.01. The molecule has 8 nitrogen and oxygen atoms in total. The number of hydrogen-bond acceptors (Lipinski definition) is 6. The molecule has 0 aliphatic heterocycles. The van der Waals surface area contributed by atoms with Crippen LogP contribution in [0, 0.1) is 19.5 Å². The number of nitro groups is 1. The molecule has 0 aliphatic carbocycles. The predicted molar refractivity (Wildman–Crippen MR) is 105 cm³/mol. The molecule has 0 unspecified atom stereocenters. The van der Waals surface area contributed by atoms with E-state index in [0.717, 1.165) is 26.8 Å². The average Bonchev–Trinajstić information content (AvgIpc) is 3.08. The molecular formula is C17H10FIN6O2. The maximum absolute atomic E-state index is 13.5. The van der Waals surface area contributed by atoms with Crippen molar-refractivity contribution in [2.75, 3.05) is 5.32 Å². The van der Waals surface area contributed by atoms with Gasteiger partial charge < -0.3 is 5.32 Å². The molecule has 3 heterocycles. The molecule has 0 amide bonds. The van der Waals surface area contributed by atoms with E-state index in [1.807, 2.05) is 24.4 Å². The summed E-state index contributed by atoms with van der Waals surface area (Å²) in [6.07, 6.45) is 5.19. The fourth-order valence-electron chi connectivity index (χ4n) is 2.59. The molecule has 0 aliphatic rings. The van der Waals surface area contributed by atoms with Crippen molar-refractivity contribution in [3.8, 4) is 11.3 Å². The van der Waals surface area contributed by atoms with E-state index in [1.54, 1.807) is 16.9 Å². The van der Waals surface area contributed by atoms with Crippen molar-refractivity contribution < 1.29 is 9.31 Å². The second kappa shape index (κ2) is 6.87. The summed E-state index contributed by atoms with van der Waals surface area (Å²) in [5, 5.41) is 18.1. The zero-order valence-electron chi connectivity index (χ0n) is 13.5. The minimum atomic E-state index is -0.902. The van der Waals surface area contributed by atoms with Crippen LogP contribution in [0.1, 0.15) is 0 Å². The molecule has 0 atom stereocenters. The van der Waals surface area contributed by atoms with Gasteiger partial charge in [0, 0.05) is 29.7 Å². The van der Waals surface area contributed by atoms with E-state index in [1.165, 1.54) is 6.07 Å². The van der Waals surface area contributed by atoms with Gasteiger partial charge in [-0.1, -0.05) is 6.07 Å². The molecule has 3 aromatic heterocycles. The van der Waals surface area contributed by atoms with E-state index in [0.29, 0.717) is 11.4 Å². The number of nitrogens with zero attached hydrogens (tertiary/aromatic N) is 5. The van der Waals surface area contributed by atoms with Crippen LogP contribution in [0.5, 0.6) is 0 Å². The molecule has 0 radical (unpaired) electrons. The average molecular weight is 476 g/mol. The van der Waals surface area contributed by atoms with Gasteiger partial charge in [0.25, 0.3) is 0 Å². The Morgan fingerprint density at radius 3 is 2.89 bits per heavy atom. The highest BCUT2D eigenvalue weighted by molar-refractivity contribution is 14.1. The Bertz CT molecular complexity index is 1180. The highest BCUT2D eigenvalue weighted by Crippen LogP contribution is 2.29. The molecule has 134 valence electrons. The van der Waals surface area contributed by atoms with E-state index >= 15 is 0 Å². The largest absolute Gasteiger partial charge is 0.324 e. The van der Waals surface area contributed by atoms with Crippen LogP contribution in [0.15, 0.2) is 55.0 Å². The van der Waals surface area contributed by atoms with Crippen LogP contribution in [-0.4, -0.2) is 24.5 Å². The van der Waals surface area contributed by atoms with Crippen LogP contribution in [0.3, 0.4) is 0 Å². The van der Waals surface area contributed by atoms with Crippen molar-refractivity contribution in [1.82, 2.24) is 19.6 Å². The molecule has 0 saturated carbocycles. The lowest BCUT2D eigenvalue weighted by molar-refractivity contribution is -0.387. The molecule has 0 spiro atoms. The summed E-state index contributed by atoms with van der Waals surface area (Å²) in [5.74, 6) is -0.664. The van der Waals surface area contributed by atoms with E-state index in [4.69, 9.17) is 0 Å². The van der Waals surface area contributed by atoms with Crippen molar-refractivity contribution in [3.05, 3.63) is 74.5 Å². The standard InChI is InChI=1S/C17H10FIN6O2/c18-12-5-4-10(7-15(12)25(26)27)22-17-20-9-13(19)16(23-17)11-8-21-24-6-2-1-3-14(11)24/h1-9H,(H,20,22,23). The van der Waals surface area contributed by atoms with Gasteiger partial charge in [0.15, 0.2) is 0 Å². The first-order chi connectivity index (χ1) is 13.0. The molecular weight excluding hydrogens is 466 g/mol. The van der Waals surface area contributed by atoms with E-state index in [9.17, 15) is 14.5 Å². The Labute approximate surface area is 165 Å². The molecule has 27 heavy (non-hydrogen) atoms. The topological polar surface area (TPSA) is 98.2 Å². The number of benzene rings is 1. The van der Waals surface area contributed by atoms with Gasteiger partial charge in [-0.15, -0.1) is 0 Å². The van der Waals surface area contributed by atoms with Gasteiger partial charge in [-0.2, -0.15) is 9.49 Å². The van der Waals surface area contributed by atoms with Gasteiger partial charge in [0.1, 0.15) is 0 Å². The van der Waals surface area contributed by atoms with Crippen molar-refractivity contribution >= 4 is 45.4 Å². The van der Waals surface area contributed by atoms with Crippen LogP contribution < -0.4 is 5.32 Å². The zero-order valence-corrected chi connectivity index (χ0v) is 15.7. The van der Waals surface area contributed by atoms with Crippen molar-refractivity contribution in [1.29, 1.82) is 0 Å². The smallest absolute Gasteiger partial charge is 0.306 e. The number of nitrogens with one attached hydrogen (secondary N) is 1. The second-order valence-electron chi connectivity index (χ2n) is 5.53. The number of fused-ring (bicyclic) bond motifs is 1. The maximum atomic E-state index is 13.5. The van der Waals surface area contributed by atoms with Crippen LogP contribution >= 0.6 is 22.6 Å². The second-order valence-corrected chi connectivity index (χ2v) is 6.69. The molecule has 0 saturated heterocycles. The van der Waals surface area contributed by atoms with E-state index < -0.39 is 16.4 Å². The lowest BCUT2D eigenvalue weighted by atomic mass is 10.2. The summed E-state index contributed by atoms with van der Waals surface area (Å²) in [5.41, 5.74) is 2.09. The Hall–Kier alpha value is -3.15. The highest BCUT2D eigenvalue weighted by atomic mass is 127. The monoisotopic (exact) mass is 476 g/mol. The van der Waals surface area contributed by atoms with Crippen molar-refractivity contribution in [2.45, 2.75) is 0 Å². The molecule has 0 fully saturated rings. The van der Waals surface area contributed by atoms with E-state index in [-0.39, 0.29) is 5.95 Å². The number of nitro benzene ring substituents is 1. The van der Waals surface area contributed by atoms with Crippen molar-refractivity contribution in [3.63, 3.8) is 0 Å². The van der Waals surface area contributed by atoms with Gasteiger partial charge in [-0.3, -0.25) is 10.1 Å². The van der Waals surface area contributed by atoms with Crippen LogP contribution in [0.4, 0.5) is 21.7 Å². The third kappa shape index (κ3) is 3.30. The predicted octanol–water partition coefficient (Wildman–Crippen LogP) is 4.19. The Kier molecular flexibility index (Phi) is 4.39. The zero-order chi connectivity index (χ0) is 19.0.